The van der Waals surface area contributed by atoms with Crippen LogP contribution >= 0.6 is 0 Å². The maximum absolute atomic E-state index is 12.0. The average molecular weight is 380 g/mol. The third kappa shape index (κ3) is 4.20. The van der Waals surface area contributed by atoms with Gasteiger partial charge in [0.2, 0.25) is 0 Å². The van der Waals surface area contributed by atoms with Gasteiger partial charge in [0, 0.05) is 36.1 Å². The molecule has 0 atom stereocenters. The summed E-state index contributed by atoms with van der Waals surface area (Å²) in [4.78, 5) is 12.0. The molecule has 0 amide bonds. The second kappa shape index (κ2) is 8.48. The van der Waals surface area contributed by atoms with Crippen molar-refractivity contribution in [1.29, 1.82) is 0 Å². The molecule has 1 heterocycles. The molecule has 0 aliphatic rings. The Labute approximate surface area is 165 Å². The number of rotatable bonds is 8. The number of carboxylic acids is 1. The first kappa shape index (κ1) is 20.0. The van der Waals surface area contributed by atoms with Crippen molar-refractivity contribution in [3.05, 3.63) is 64.8 Å². The highest BCUT2D eigenvalue weighted by molar-refractivity contribution is 5.98. The number of carboxylic acid groups (broad SMARTS) is 1. The SMILES string of the molecule is CCn1c(C(=O)O)c(CNCc2ccc(OC(C)C)cc2)c2ccc(C)cc21. The molecule has 148 valence electrons. The smallest absolute Gasteiger partial charge is 0.352 e. The zero-order valence-electron chi connectivity index (χ0n) is 17.0. The lowest BCUT2D eigenvalue weighted by atomic mass is 10.1. The molecule has 0 radical (unpaired) electrons. The van der Waals surface area contributed by atoms with Crippen molar-refractivity contribution >= 4 is 16.9 Å². The van der Waals surface area contributed by atoms with Gasteiger partial charge in [0.1, 0.15) is 11.4 Å². The molecular formula is C23H28N2O3. The summed E-state index contributed by atoms with van der Waals surface area (Å²) < 4.78 is 7.56. The lowest BCUT2D eigenvalue weighted by molar-refractivity contribution is 0.0684. The van der Waals surface area contributed by atoms with Gasteiger partial charge in [0.05, 0.1) is 6.10 Å². The van der Waals surface area contributed by atoms with Crippen LogP contribution in [0.3, 0.4) is 0 Å². The molecule has 2 N–H and O–H groups in total. The van der Waals surface area contributed by atoms with Crippen LogP contribution in [0.2, 0.25) is 0 Å². The minimum absolute atomic E-state index is 0.151. The van der Waals surface area contributed by atoms with E-state index in [2.05, 4.69) is 11.4 Å². The van der Waals surface area contributed by atoms with E-state index in [1.807, 2.05) is 68.7 Å². The van der Waals surface area contributed by atoms with E-state index in [1.165, 1.54) is 0 Å². The topological polar surface area (TPSA) is 63.5 Å². The van der Waals surface area contributed by atoms with E-state index < -0.39 is 5.97 Å². The molecule has 0 unspecified atom stereocenters. The number of carbonyl (C=O) groups is 1. The van der Waals surface area contributed by atoms with E-state index in [-0.39, 0.29) is 6.10 Å². The highest BCUT2D eigenvalue weighted by Crippen LogP contribution is 2.27. The maximum Gasteiger partial charge on any atom is 0.352 e. The highest BCUT2D eigenvalue weighted by atomic mass is 16.5. The number of hydrogen-bond acceptors (Lipinski definition) is 3. The molecule has 2 aromatic carbocycles. The normalized spacial score (nSPS) is 11.3. The summed E-state index contributed by atoms with van der Waals surface area (Å²) in [5, 5.41) is 14.2. The van der Waals surface area contributed by atoms with Gasteiger partial charge in [-0.2, -0.15) is 0 Å². The summed E-state index contributed by atoms with van der Waals surface area (Å²) in [6.45, 7) is 9.79. The summed E-state index contributed by atoms with van der Waals surface area (Å²) in [6, 6.07) is 14.1. The van der Waals surface area contributed by atoms with E-state index >= 15 is 0 Å². The van der Waals surface area contributed by atoms with Gasteiger partial charge in [-0.15, -0.1) is 0 Å². The lowest BCUT2D eigenvalue weighted by Gasteiger charge is -2.11. The number of fused-ring (bicyclic) bond motifs is 1. The first-order valence-corrected chi connectivity index (χ1v) is 9.72. The lowest BCUT2D eigenvalue weighted by Crippen LogP contribution is -2.16. The Morgan fingerprint density at radius 2 is 1.86 bits per heavy atom. The van der Waals surface area contributed by atoms with Crippen molar-refractivity contribution in [3.63, 3.8) is 0 Å². The van der Waals surface area contributed by atoms with Crippen molar-refractivity contribution in [1.82, 2.24) is 9.88 Å². The van der Waals surface area contributed by atoms with Crippen LogP contribution in [-0.2, 0) is 19.6 Å². The number of benzene rings is 2. The molecule has 5 heteroatoms. The van der Waals surface area contributed by atoms with Crippen LogP contribution < -0.4 is 10.1 Å². The number of nitrogens with one attached hydrogen (secondary N) is 1. The Morgan fingerprint density at radius 1 is 1.14 bits per heavy atom. The van der Waals surface area contributed by atoms with Crippen molar-refractivity contribution in [2.24, 2.45) is 0 Å². The van der Waals surface area contributed by atoms with Crippen molar-refractivity contribution in [2.45, 2.75) is 53.4 Å². The number of nitrogens with zero attached hydrogens (tertiary/aromatic N) is 1. The van der Waals surface area contributed by atoms with Gasteiger partial charge in [-0.1, -0.05) is 24.3 Å². The Hall–Kier alpha value is -2.79. The maximum atomic E-state index is 12.0. The van der Waals surface area contributed by atoms with Crippen LogP contribution in [0.25, 0.3) is 10.9 Å². The van der Waals surface area contributed by atoms with E-state index in [4.69, 9.17) is 4.74 Å². The van der Waals surface area contributed by atoms with Crippen LogP contribution in [-0.4, -0.2) is 21.7 Å². The quantitative estimate of drug-likeness (QED) is 0.592. The minimum Gasteiger partial charge on any atom is -0.491 e. The summed E-state index contributed by atoms with van der Waals surface area (Å²) in [5.41, 5.74) is 4.44. The number of aryl methyl sites for hydroxylation is 2. The summed E-state index contributed by atoms with van der Waals surface area (Å²) in [6.07, 6.45) is 0.151. The largest absolute Gasteiger partial charge is 0.491 e. The van der Waals surface area contributed by atoms with Gasteiger partial charge in [0.25, 0.3) is 0 Å². The second-order valence-corrected chi connectivity index (χ2v) is 7.31. The predicted molar refractivity (Wildman–Crippen MR) is 112 cm³/mol. The fourth-order valence-electron chi connectivity index (χ4n) is 3.57. The number of aromatic nitrogens is 1. The molecular weight excluding hydrogens is 352 g/mol. The van der Waals surface area contributed by atoms with Crippen molar-refractivity contribution in [2.75, 3.05) is 0 Å². The fourth-order valence-corrected chi connectivity index (χ4v) is 3.57. The molecule has 0 fully saturated rings. The Balaban J connectivity index is 1.80. The third-order valence-electron chi connectivity index (χ3n) is 4.77. The van der Waals surface area contributed by atoms with Gasteiger partial charge in [-0.3, -0.25) is 0 Å². The highest BCUT2D eigenvalue weighted by Gasteiger charge is 2.21. The van der Waals surface area contributed by atoms with Crippen LogP contribution in [0.1, 0.15) is 48.0 Å². The standard InChI is InChI=1S/C23H28N2O3/c1-5-25-21-12-16(4)6-11-19(21)20(22(25)23(26)27)14-24-13-17-7-9-18(10-8-17)28-15(2)3/h6-12,15,24H,5,13-14H2,1-4H3,(H,26,27). The molecule has 28 heavy (non-hydrogen) atoms. The summed E-state index contributed by atoms with van der Waals surface area (Å²) in [5.74, 6) is -0.0315. The van der Waals surface area contributed by atoms with Gasteiger partial charge in [-0.25, -0.2) is 4.79 Å². The number of aromatic carboxylic acids is 1. The molecule has 1 aromatic heterocycles. The van der Waals surface area contributed by atoms with Crippen LogP contribution in [0, 0.1) is 6.92 Å². The van der Waals surface area contributed by atoms with Crippen LogP contribution in [0.5, 0.6) is 5.75 Å². The molecule has 0 saturated heterocycles. The predicted octanol–water partition coefficient (Wildman–Crippen LogP) is 4.74. The van der Waals surface area contributed by atoms with E-state index in [0.717, 1.165) is 33.3 Å². The summed E-state index contributed by atoms with van der Waals surface area (Å²) in [7, 11) is 0. The van der Waals surface area contributed by atoms with Gasteiger partial charge in [-0.05, 0) is 57.0 Å². The van der Waals surface area contributed by atoms with E-state index in [9.17, 15) is 9.90 Å². The molecule has 0 bridgehead atoms. The second-order valence-electron chi connectivity index (χ2n) is 7.31. The molecule has 0 saturated carbocycles. The van der Waals surface area contributed by atoms with Crippen molar-refractivity contribution < 1.29 is 14.6 Å². The zero-order valence-corrected chi connectivity index (χ0v) is 17.0. The van der Waals surface area contributed by atoms with Crippen LogP contribution in [0.4, 0.5) is 0 Å². The molecule has 0 aliphatic carbocycles. The van der Waals surface area contributed by atoms with E-state index in [0.29, 0.717) is 25.3 Å². The first-order valence-electron chi connectivity index (χ1n) is 9.72. The zero-order chi connectivity index (χ0) is 20.3. The Kier molecular flexibility index (Phi) is 6.05. The van der Waals surface area contributed by atoms with Crippen molar-refractivity contribution in [3.8, 4) is 5.75 Å². The molecule has 3 rings (SSSR count). The molecule has 5 nitrogen and oxygen atoms in total. The van der Waals surface area contributed by atoms with Gasteiger partial charge >= 0.3 is 5.97 Å². The Bertz CT molecular complexity index is 972. The molecule has 0 spiro atoms. The molecule has 3 aromatic rings. The van der Waals surface area contributed by atoms with Gasteiger partial charge in [0.15, 0.2) is 0 Å². The monoisotopic (exact) mass is 380 g/mol. The number of ether oxygens (including phenoxy) is 1. The summed E-state index contributed by atoms with van der Waals surface area (Å²) >= 11 is 0. The number of hydrogen-bond donors (Lipinski definition) is 2. The molecule has 0 aliphatic heterocycles. The first-order chi connectivity index (χ1) is 13.4. The van der Waals surface area contributed by atoms with Crippen LogP contribution in [0.15, 0.2) is 42.5 Å². The van der Waals surface area contributed by atoms with Gasteiger partial charge < -0.3 is 19.7 Å². The third-order valence-corrected chi connectivity index (χ3v) is 4.77. The fraction of sp³-hybridized carbons (Fsp3) is 0.348. The average Bonchev–Trinajstić information content (AvgIpc) is 2.95. The van der Waals surface area contributed by atoms with E-state index in [1.54, 1.807) is 0 Å². The minimum atomic E-state index is -0.886. The Morgan fingerprint density at radius 3 is 2.46 bits per heavy atom.